The van der Waals surface area contributed by atoms with Crippen molar-refractivity contribution in [1.29, 1.82) is 0 Å². The van der Waals surface area contributed by atoms with Gasteiger partial charge in [-0.1, -0.05) is 11.6 Å². The Morgan fingerprint density at radius 3 is 2.88 bits per heavy atom. The van der Waals surface area contributed by atoms with E-state index >= 15 is 0 Å². The minimum absolute atomic E-state index is 0.421. The lowest BCUT2D eigenvalue weighted by Gasteiger charge is -2.14. The van der Waals surface area contributed by atoms with Crippen LogP contribution in [0.25, 0.3) is 0 Å². The maximum Gasteiger partial charge on any atom is 0.0293 e. The zero-order valence-corrected chi connectivity index (χ0v) is 9.95. The zero-order valence-electron chi connectivity index (χ0n) is 9.95. The highest BCUT2D eigenvalue weighted by Crippen LogP contribution is 2.20. The highest BCUT2D eigenvalue weighted by atomic mass is 14.9. The third-order valence-corrected chi connectivity index (χ3v) is 3.24. The van der Waals surface area contributed by atoms with Crippen molar-refractivity contribution in [2.45, 2.75) is 38.6 Å². The Bertz CT molecular complexity index is 343. The predicted octanol–water partition coefficient (Wildman–Crippen LogP) is 3.23. The summed E-state index contributed by atoms with van der Waals surface area (Å²) in [4.78, 5) is 4.03. The minimum atomic E-state index is 0.421. The second-order valence-electron chi connectivity index (χ2n) is 4.46. The molecule has 0 aliphatic heterocycles. The van der Waals surface area contributed by atoms with Gasteiger partial charge >= 0.3 is 0 Å². The van der Waals surface area contributed by atoms with Gasteiger partial charge in [-0.25, -0.2) is 0 Å². The molecule has 0 amide bonds. The van der Waals surface area contributed by atoms with Crippen LogP contribution >= 0.6 is 0 Å². The Morgan fingerprint density at radius 1 is 1.38 bits per heavy atom. The van der Waals surface area contributed by atoms with Crippen LogP contribution in [0.4, 0.5) is 0 Å². The largest absolute Gasteiger partial charge is 0.310 e. The molecule has 1 N–H and O–H groups in total. The molecule has 0 saturated carbocycles. The molecule has 86 valence electrons. The highest BCUT2D eigenvalue weighted by Gasteiger charge is 2.06. The van der Waals surface area contributed by atoms with E-state index in [1.165, 1.54) is 31.2 Å². The Hall–Kier alpha value is -1.15. The van der Waals surface area contributed by atoms with Crippen LogP contribution < -0.4 is 5.32 Å². The molecule has 1 aromatic heterocycles. The van der Waals surface area contributed by atoms with E-state index in [-0.39, 0.29) is 0 Å². The molecule has 1 heterocycles. The molecule has 1 atom stereocenters. The fraction of sp³-hybridized carbons (Fsp3) is 0.500. The molecule has 0 saturated heterocycles. The molecule has 2 rings (SSSR count). The summed E-state index contributed by atoms with van der Waals surface area (Å²) >= 11 is 0. The molecule has 0 fully saturated rings. The molecule has 0 bridgehead atoms. The summed E-state index contributed by atoms with van der Waals surface area (Å²) in [6, 6.07) is 4.57. The van der Waals surface area contributed by atoms with Crippen LogP contribution in [0.2, 0.25) is 0 Å². The van der Waals surface area contributed by atoms with Gasteiger partial charge < -0.3 is 5.32 Å². The third kappa shape index (κ3) is 3.17. The van der Waals surface area contributed by atoms with Crippen molar-refractivity contribution in [2.75, 3.05) is 6.54 Å². The van der Waals surface area contributed by atoms with Crippen molar-refractivity contribution in [2.24, 2.45) is 0 Å². The van der Waals surface area contributed by atoms with Crippen LogP contribution in [0.15, 0.2) is 36.2 Å². The number of rotatable bonds is 5. The first-order valence-corrected chi connectivity index (χ1v) is 6.17. The Labute approximate surface area is 97.8 Å². The van der Waals surface area contributed by atoms with Gasteiger partial charge in [0, 0.05) is 18.4 Å². The molecule has 1 aliphatic carbocycles. The van der Waals surface area contributed by atoms with Crippen molar-refractivity contribution < 1.29 is 0 Å². The topological polar surface area (TPSA) is 24.9 Å². The van der Waals surface area contributed by atoms with E-state index in [9.17, 15) is 0 Å². The maximum absolute atomic E-state index is 4.03. The number of nitrogens with zero attached hydrogens (tertiary/aromatic N) is 1. The summed E-state index contributed by atoms with van der Waals surface area (Å²) in [5.41, 5.74) is 2.95. The second kappa shape index (κ2) is 5.80. The lowest BCUT2D eigenvalue weighted by atomic mass is 10.1. The molecule has 0 aromatic carbocycles. The fourth-order valence-electron chi connectivity index (χ4n) is 2.18. The van der Waals surface area contributed by atoms with E-state index in [1.54, 1.807) is 5.57 Å². The quantitative estimate of drug-likeness (QED) is 0.764. The lowest BCUT2D eigenvalue weighted by molar-refractivity contribution is 0.572. The number of hydrogen-bond donors (Lipinski definition) is 1. The number of allylic oxidation sites excluding steroid dienone is 1. The minimum Gasteiger partial charge on any atom is -0.310 e. The van der Waals surface area contributed by atoms with Gasteiger partial charge in [-0.05, 0) is 56.8 Å². The number of nitrogens with one attached hydrogen (secondary N) is 1. The molecule has 1 unspecified atom stereocenters. The van der Waals surface area contributed by atoms with Gasteiger partial charge in [0.1, 0.15) is 0 Å². The van der Waals surface area contributed by atoms with Gasteiger partial charge in [-0.3, -0.25) is 4.98 Å². The van der Waals surface area contributed by atoms with E-state index in [1.807, 2.05) is 12.4 Å². The fourth-order valence-corrected chi connectivity index (χ4v) is 2.18. The summed E-state index contributed by atoms with van der Waals surface area (Å²) in [6.45, 7) is 3.29. The van der Waals surface area contributed by atoms with Crippen molar-refractivity contribution in [3.8, 4) is 0 Å². The first-order valence-electron chi connectivity index (χ1n) is 6.17. The van der Waals surface area contributed by atoms with Crippen molar-refractivity contribution in [1.82, 2.24) is 10.3 Å². The number of aromatic nitrogens is 1. The van der Waals surface area contributed by atoms with E-state index in [0.29, 0.717) is 6.04 Å². The summed E-state index contributed by atoms with van der Waals surface area (Å²) < 4.78 is 0. The summed E-state index contributed by atoms with van der Waals surface area (Å²) in [5, 5.41) is 3.56. The molecule has 2 heteroatoms. The molecular formula is C14H20N2. The van der Waals surface area contributed by atoms with Crippen LogP contribution in [0.1, 0.15) is 44.2 Å². The van der Waals surface area contributed by atoms with E-state index < -0.39 is 0 Å². The lowest BCUT2D eigenvalue weighted by Crippen LogP contribution is -2.20. The van der Waals surface area contributed by atoms with E-state index in [2.05, 4.69) is 35.4 Å². The SMILES string of the molecule is CC(NCCC1=CCCC1)c1ccncc1. The Morgan fingerprint density at radius 2 is 2.19 bits per heavy atom. The Balaban J connectivity index is 1.73. The van der Waals surface area contributed by atoms with Gasteiger partial charge in [0.25, 0.3) is 0 Å². The normalized spacial score (nSPS) is 17.2. The third-order valence-electron chi connectivity index (χ3n) is 3.24. The molecule has 16 heavy (non-hydrogen) atoms. The summed E-state index contributed by atoms with van der Waals surface area (Å²) in [7, 11) is 0. The number of pyridine rings is 1. The van der Waals surface area contributed by atoms with Crippen LogP contribution in [0.3, 0.4) is 0 Å². The number of hydrogen-bond acceptors (Lipinski definition) is 2. The summed E-state index contributed by atoms with van der Waals surface area (Å²) in [5.74, 6) is 0. The predicted molar refractivity (Wildman–Crippen MR) is 67.2 cm³/mol. The molecule has 0 radical (unpaired) electrons. The van der Waals surface area contributed by atoms with Gasteiger partial charge in [0.2, 0.25) is 0 Å². The molecule has 0 spiro atoms. The van der Waals surface area contributed by atoms with Gasteiger partial charge in [-0.2, -0.15) is 0 Å². The standard InChI is InChI=1S/C14H20N2/c1-12(14-7-9-15-10-8-14)16-11-6-13-4-2-3-5-13/h4,7-10,12,16H,2-3,5-6,11H2,1H3. The molecular weight excluding hydrogens is 196 g/mol. The molecule has 1 aromatic rings. The van der Waals surface area contributed by atoms with Crippen molar-refractivity contribution >= 4 is 0 Å². The maximum atomic E-state index is 4.03. The van der Waals surface area contributed by atoms with Crippen LogP contribution in [-0.4, -0.2) is 11.5 Å². The van der Waals surface area contributed by atoms with Gasteiger partial charge in [0.15, 0.2) is 0 Å². The highest BCUT2D eigenvalue weighted by molar-refractivity contribution is 5.14. The van der Waals surface area contributed by atoms with Crippen molar-refractivity contribution in [3.63, 3.8) is 0 Å². The Kier molecular flexibility index (Phi) is 4.11. The van der Waals surface area contributed by atoms with Crippen LogP contribution in [0, 0.1) is 0 Å². The second-order valence-corrected chi connectivity index (χ2v) is 4.46. The monoisotopic (exact) mass is 216 g/mol. The van der Waals surface area contributed by atoms with E-state index in [0.717, 1.165) is 6.54 Å². The average molecular weight is 216 g/mol. The van der Waals surface area contributed by atoms with Crippen molar-refractivity contribution in [3.05, 3.63) is 41.7 Å². The van der Waals surface area contributed by atoms with E-state index in [4.69, 9.17) is 0 Å². The zero-order chi connectivity index (χ0) is 11.2. The first kappa shape index (κ1) is 11.3. The van der Waals surface area contributed by atoms with Crippen LogP contribution in [-0.2, 0) is 0 Å². The van der Waals surface area contributed by atoms with Gasteiger partial charge in [-0.15, -0.1) is 0 Å². The molecule has 1 aliphatic rings. The average Bonchev–Trinajstić information content (AvgIpc) is 2.83. The first-order chi connectivity index (χ1) is 7.86. The van der Waals surface area contributed by atoms with Crippen LogP contribution in [0.5, 0.6) is 0 Å². The molecule has 2 nitrogen and oxygen atoms in total. The summed E-state index contributed by atoms with van der Waals surface area (Å²) in [6.07, 6.45) is 11.3. The smallest absolute Gasteiger partial charge is 0.0293 e. The van der Waals surface area contributed by atoms with Gasteiger partial charge in [0.05, 0.1) is 0 Å².